The van der Waals surface area contributed by atoms with Gasteiger partial charge in [-0.3, -0.25) is 4.98 Å². The highest BCUT2D eigenvalue weighted by atomic mass is 79.9. The number of rotatable bonds is 12. The van der Waals surface area contributed by atoms with Crippen LogP contribution in [0.3, 0.4) is 0 Å². The van der Waals surface area contributed by atoms with Crippen molar-refractivity contribution in [1.29, 1.82) is 0 Å². The molecular weight excluding hydrogens is 324 g/mol. The molecule has 0 aliphatic rings. The van der Waals surface area contributed by atoms with Gasteiger partial charge in [-0.2, -0.15) is 0 Å². The molecule has 1 heterocycles. The number of unbranched alkanes of at least 4 members (excludes halogenated alkanes) is 8. The van der Waals surface area contributed by atoms with Gasteiger partial charge in [0.05, 0.1) is 0 Å². The van der Waals surface area contributed by atoms with Gasteiger partial charge in [0.1, 0.15) is 0 Å². The predicted molar refractivity (Wildman–Crippen MR) is 95.5 cm³/mol. The first kappa shape index (κ1) is 18.6. The number of halogens is 1. The monoisotopic (exact) mass is 354 g/mol. The van der Waals surface area contributed by atoms with Crippen LogP contribution in [0.15, 0.2) is 22.8 Å². The standard InChI is InChI=1S/C18H31BrN2/c1-2-3-4-5-6-7-8-9-10-11-17(20)14-18-13-12-16(19)15-21-18/h12-13,15,17H,2-11,14,20H2,1H3. The molecule has 0 aliphatic carbocycles. The van der Waals surface area contributed by atoms with Crippen molar-refractivity contribution in [3.8, 4) is 0 Å². The first-order valence-electron chi connectivity index (χ1n) is 8.58. The molecule has 0 aromatic carbocycles. The van der Waals surface area contributed by atoms with Gasteiger partial charge >= 0.3 is 0 Å². The van der Waals surface area contributed by atoms with E-state index in [1.165, 1.54) is 57.8 Å². The van der Waals surface area contributed by atoms with E-state index >= 15 is 0 Å². The third-order valence-electron chi connectivity index (χ3n) is 3.94. The van der Waals surface area contributed by atoms with Crippen molar-refractivity contribution in [1.82, 2.24) is 4.98 Å². The summed E-state index contributed by atoms with van der Waals surface area (Å²) in [5.41, 5.74) is 7.29. The Hall–Kier alpha value is -0.410. The van der Waals surface area contributed by atoms with Crippen LogP contribution >= 0.6 is 15.9 Å². The van der Waals surface area contributed by atoms with E-state index in [0.29, 0.717) is 0 Å². The van der Waals surface area contributed by atoms with Gasteiger partial charge in [-0.1, -0.05) is 64.7 Å². The maximum absolute atomic E-state index is 6.19. The van der Waals surface area contributed by atoms with Crippen LogP contribution in [0.25, 0.3) is 0 Å². The Bertz CT molecular complexity index is 351. The van der Waals surface area contributed by atoms with Crippen molar-refractivity contribution < 1.29 is 0 Å². The molecule has 0 saturated carbocycles. The van der Waals surface area contributed by atoms with Crippen molar-refractivity contribution in [3.05, 3.63) is 28.5 Å². The lowest BCUT2D eigenvalue weighted by molar-refractivity contribution is 0.520. The van der Waals surface area contributed by atoms with E-state index < -0.39 is 0 Å². The van der Waals surface area contributed by atoms with Crippen molar-refractivity contribution >= 4 is 15.9 Å². The number of nitrogens with zero attached hydrogens (tertiary/aromatic N) is 1. The van der Waals surface area contributed by atoms with Gasteiger partial charge in [-0.15, -0.1) is 0 Å². The molecule has 120 valence electrons. The Labute approximate surface area is 139 Å². The average molecular weight is 355 g/mol. The fourth-order valence-corrected chi connectivity index (χ4v) is 2.85. The van der Waals surface area contributed by atoms with Gasteiger partial charge in [-0.05, 0) is 34.5 Å². The third-order valence-corrected chi connectivity index (χ3v) is 4.41. The summed E-state index contributed by atoms with van der Waals surface area (Å²) in [6.07, 6.45) is 16.2. The highest BCUT2D eigenvalue weighted by molar-refractivity contribution is 9.10. The lowest BCUT2D eigenvalue weighted by Gasteiger charge is -2.11. The molecule has 1 unspecified atom stereocenters. The van der Waals surface area contributed by atoms with Crippen LogP contribution in [0.1, 0.15) is 76.8 Å². The molecule has 1 atom stereocenters. The van der Waals surface area contributed by atoms with Crippen LogP contribution in [0.4, 0.5) is 0 Å². The zero-order chi connectivity index (χ0) is 15.3. The Morgan fingerprint density at radius 3 is 2.19 bits per heavy atom. The van der Waals surface area contributed by atoms with Gasteiger partial charge in [0.2, 0.25) is 0 Å². The van der Waals surface area contributed by atoms with Gasteiger partial charge in [0, 0.05) is 28.8 Å². The molecule has 0 aliphatic heterocycles. The van der Waals surface area contributed by atoms with Crippen LogP contribution in [0.2, 0.25) is 0 Å². The zero-order valence-electron chi connectivity index (χ0n) is 13.5. The molecule has 0 radical (unpaired) electrons. The second-order valence-corrected chi connectivity index (χ2v) is 6.96. The lowest BCUT2D eigenvalue weighted by atomic mass is 10.0. The van der Waals surface area contributed by atoms with Gasteiger partial charge in [0.25, 0.3) is 0 Å². The molecule has 0 saturated heterocycles. The van der Waals surface area contributed by atoms with Crippen LogP contribution in [0.5, 0.6) is 0 Å². The molecule has 21 heavy (non-hydrogen) atoms. The molecule has 2 nitrogen and oxygen atoms in total. The summed E-state index contributed by atoms with van der Waals surface area (Å²) in [7, 11) is 0. The summed E-state index contributed by atoms with van der Waals surface area (Å²) in [6, 6.07) is 4.34. The number of nitrogens with two attached hydrogens (primary N) is 1. The maximum atomic E-state index is 6.19. The smallest absolute Gasteiger partial charge is 0.0419 e. The second-order valence-electron chi connectivity index (χ2n) is 6.05. The Balaban J connectivity index is 1.96. The highest BCUT2D eigenvalue weighted by Crippen LogP contribution is 2.13. The molecule has 0 fully saturated rings. The van der Waals surface area contributed by atoms with E-state index in [9.17, 15) is 0 Å². The van der Waals surface area contributed by atoms with Gasteiger partial charge < -0.3 is 5.73 Å². The van der Waals surface area contributed by atoms with E-state index in [4.69, 9.17) is 5.73 Å². The molecule has 2 N–H and O–H groups in total. The fraction of sp³-hybridized carbons (Fsp3) is 0.722. The van der Waals surface area contributed by atoms with Crippen molar-refractivity contribution in [2.24, 2.45) is 5.73 Å². The van der Waals surface area contributed by atoms with Crippen LogP contribution < -0.4 is 5.73 Å². The quantitative estimate of drug-likeness (QED) is 0.493. The van der Waals surface area contributed by atoms with E-state index in [1.807, 2.05) is 12.3 Å². The Morgan fingerprint density at radius 2 is 1.62 bits per heavy atom. The molecular formula is C18H31BrN2. The largest absolute Gasteiger partial charge is 0.327 e. The molecule has 0 amide bonds. The summed E-state index contributed by atoms with van der Waals surface area (Å²) in [6.45, 7) is 2.27. The van der Waals surface area contributed by atoms with Crippen molar-refractivity contribution in [2.45, 2.75) is 83.6 Å². The van der Waals surface area contributed by atoms with E-state index in [-0.39, 0.29) is 6.04 Å². The van der Waals surface area contributed by atoms with Crippen LogP contribution in [-0.4, -0.2) is 11.0 Å². The normalized spacial score (nSPS) is 12.5. The molecule has 1 aromatic rings. The predicted octanol–water partition coefficient (Wildman–Crippen LogP) is 5.63. The minimum atomic E-state index is 0.253. The summed E-state index contributed by atoms with van der Waals surface area (Å²) >= 11 is 3.40. The molecule has 3 heteroatoms. The summed E-state index contributed by atoms with van der Waals surface area (Å²) in [5, 5.41) is 0. The number of pyridine rings is 1. The topological polar surface area (TPSA) is 38.9 Å². The van der Waals surface area contributed by atoms with Crippen molar-refractivity contribution in [2.75, 3.05) is 0 Å². The fourth-order valence-electron chi connectivity index (χ4n) is 2.62. The van der Waals surface area contributed by atoms with Crippen LogP contribution in [0, 0.1) is 0 Å². The van der Waals surface area contributed by atoms with Gasteiger partial charge in [-0.25, -0.2) is 0 Å². The second kappa shape index (κ2) is 12.2. The number of hydrogen-bond acceptors (Lipinski definition) is 2. The zero-order valence-corrected chi connectivity index (χ0v) is 15.1. The number of aromatic nitrogens is 1. The average Bonchev–Trinajstić information content (AvgIpc) is 2.48. The summed E-state index contributed by atoms with van der Waals surface area (Å²) < 4.78 is 1.03. The molecule has 1 rings (SSSR count). The highest BCUT2D eigenvalue weighted by Gasteiger charge is 2.05. The first-order valence-corrected chi connectivity index (χ1v) is 9.37. The van der Waals surface area contributed by atoms with Crippen LogP contribution in [-0.2, 0) is 6.42 Å². The first-order chi connectivity index (χ1) is 10.2. The third kappa shape index (κ3) is 10.0. The molecule has 0 bridgehead atoms. The van der Waals surface area contributed by atoms with E-state index in [1.54, 1.807) is 0 Å². The molecule has 0 spiro atoms. The van der Waals surface area contributed by atoms with Gasteiger partial charge in [0.15, 0.2) is 0 Å². The maximum Gasteiger partial charge on any atom is 0.0419 e. The summed E-state index contributed by atoms with van der Waals surface area (Å²) in [5.74, 6) is 0. The Morgan fingerprint density at radius 1 is 1.00 bits per heavy atom. The minimum Gasteiger partial charge on any atom is -0.327 e. The number of hydrogen-bond donors (Lipinski definition) is 1. The van der Waals surface area contributed by atoms with E-state index in [0.717, 1.165) is 23.0 Å². The lowest BCUT2D eigenvalue weighted by Crippen LogP contribution is -2.23. The summed E-state index contributed by atoms with van der Waals surface area (Å²) in [4.78, 5) is 4.38. The SMILES string of the molecule is CCCCCCCCCCCC(N)Cc1ccc(Br)cn1. The minimum absolute atomic E-state index is 0.253. The Kier molecular flexibility index (Phi) is 10.8. The molecule has 1 aromatic heterocycles. The van der Waals surface area contributed by atoms with E-state index in [2.05, 4.69) is 33.9 Å². The van der Waals surface area contributed by atoms with Crippen molar-refractivity contribution in [3.63, 3.8) is 0 Å².